The summed E-state index contributed by atoms with van der Waals surface area (Å²) in [5.74, 6) is 20.3. The summed E-state index contributed by atoms with van der Waals surface area (Å²) in [6.45, 7) is 0. The molecule has 7 fully saturated rings. The summed E-state index contributed by atoms with van der Waals surface area (Å²) in [5, 5.41) is 7.23. The van der Waals surface area contributed by atoms with Gasteiger partial charge in [0.15, 0.2) is 0 Å². The van der Waals surface area contributed by atoms with E-state index >= 15 is 0 Å². The second kappa shape index (κ2) is 17.6. The summed E-state index contributed by atoms with van der Waals surface area (Å²) >= 11 is 11.9. The van der Waals surface area contributed by atoms with Crippen molar-refractivity contribution in [2.24, 2.45) is 0 Å². The molecule has 212 valence electrons. The molecule has 0 saturated carbocycles. The molecule has 0 bridgehead atoms. The zero-order valence-corrected chi connectivity index (χ0v) is 37.4. The average Bonchev–Trinajstić information content (AvgIpc) is 2.69. The van der Waals surface area contributed by atoms with Crippen molar-refractivity contribution in [1.82, 2.24) is 0 Å². The molecule has 7 aliphatic rings. The minimum atomic E-state index is -2.20. The first-order valence-corrected chi connectivity index (χ1v) is 50.2. The van der Waals surface area contributed by atoms with Gasteiger partial charge in [-0.25, -0.2) is 0 Å². The van der Waals surface area contributed by atoms with Crippen LogP contribution in [0.15, 0.2) is 0 Å². The van der Waals surface area contributed by atoms with Crippen molar-refractivity contribution >= 4 is 174 Å². The first-order valence-electron chi connectivity index (χ1n) is 12.8. The van der Waals surface area contributed by atoms with Crippen LogP contribution in [-0.4, -0.2) is 146 Å². The van der Waals surface area contributed by atoms with Gasteiger partial charge in [0.2, 0.25) is 0 Å². The predicted molar refractivity (Wildman–Crippen MR) is 212 cm³/mol. The Morgan fingerprint density at radius 2 is 0.568 bits per heavy atom. The predicted octanol–water partition coefficient (Wildman–Crippen LogP) is 8.33. The second-order valence-electron chi connectivity index (χ2n) is 9.63. The van der Waals surface area contributed by atoms with E-state index in [4.69, 9.17) is 0 Å². The standard InChI is InChI=1S/7C3H6S2.Sb.Sn/c7*4-3-1-5-2-3;;/h7*3-4H,1-2H2;;/q;;;;;;;+3;+4/p-7. The summed E-state index contributed by atoms with van der Waals surface area (Å²) in [6, 6.07) is 0. The van der Waals surface area contributed by atoms with Crippen LogP contribution in [0.5, 0.6) is 0 Å². The molecule has 0 atom stereocenters. The molecule has 37 heavy (non-hydrogen) atoms. The molecule has 0 aromatic rings. The fourth-order valence-electron chi connectivity index (χ4n) is 3.38. The second-order valence-corrected chi connectivity index (χ2v) is 79.8. The van der Waals surface area contributed by atoms with Crippen LogP contribution in [0.25, 0.3) is 0 Å². The zero-order valence-electron chi connectivity index (χ0n) is 20.6. The van der Waals surface area contributed by atoms with E-state index in [0.29, 0.717) is 0 Å². The van der Waals surface area contributed by atoms with Gasteiger partial charge in [0.1, 0.15) is 0 Å². The Morgan fingerprint density at radius 1 is 0.351 bits per heavy atom. The minimum absolute atomic E-state index is 1.02. The molecule has 7 heterocycles. The first-order chi connectivity index (χ1) is 18.2. The Bertz CT molecular complexity index is 589. The van der Waals surface area contributed by atoms with Gasteiger partial charge in [-0.1, -0.05) is 0 Å². The summed E-state index contributed by atoms with van der Waals surface area (Å²) in [5.41, 5.74) is 0. The van der Waals surface area contributed by atoms with Gasteiger partial charge in [-0.15, -0.1) is 0 Å². The average molecular weight is 977 g/mol. The van der Waals surface area contributed by atoms with E-state index < -0.39 is 28.9 Å². The summed E-state index contributed by atoms with van der Waals surface area (Å²) in [6.07, 6.45) is 0. The van der Waals surface area contributed by atoms with Gasteiger partial charge in [-0.05, 0) is 0 Å². The topological polar surface area (TPSA) is 0 Å². The molecular weight excluding hydrogens is 942 g/mol. The molecule has 0 aromatic heterocycles. The number of rotatable bonds is 14. The molecule has 0 amide bonds. The molecule has 0 nitrogen and oxygen atoms in total. The van der Waals surface area contributed by atoms with E-state index in [9.17, 15) is 0 Å². The van der Waals surface area contributed by atoms with Crippen LogP contribution in [0.2, 0.25) is 0 Å². The summed E-state index contributed by atoms with van der Waals surface area (Å²) < 4.78 is 0. The number of hydrogen-bond donors (Lipinski definition) is 0. The molecule has 0 radical (unpaired) electrons. The maximum absolute atomic E-state index is 2.56. The monoisotopic (exact) mass is 976 g/mol. The third-order valence-corrected chi connectivity index (χ3v) is 91.3. The molecule has 0 aliphatic carbocycles. The normalized spacial score (nSPS) is 28.1. The number of thioether (sulfide) groups is 7. The van der Waals surface area contributed by atoms with Gasteiger partial charge in [-0.2, -0.15) is 0 Å². The summed E-state index contributed by atoms with van der Waals surface area (Å²) in [4.78, 5) is 0. The van der Waals surface area contributed by atoms with Gasteiger partial charge < -0.3 is 0 Å². The van der Waals surface area contributed by atoms with E-state index in [1.807, 2.05) is 0 Å². The third kappa shape index (κ3) is 10.8. The maximum atomic E-state index is 2.56. The quantitative estimate of drug-likeness (QED) is 0.153. The number of hydrogen-bond acceptors (Lipinski definition) is 14. The van der Waals surface area contributed by atoms with Crippen LogP contribution in [0.4, 0.5) is 0 Å². The van der Waals surface area contributed by atoms with Crippen LogP contribution in [0.1, 0.15) is 0 Å². The molecule has 0 spiro atoms. The Labute approximate surface area is 285 Å². The fourth-order valence-corrected chi connectivity index (χ4v) is 122. The van der Waals surface area contributed by atoms with Crippen LogP contribution in [0.3, 0.4) is 0 Å². The molecule has 0 unspecified atom stereocenters. The van der Waals surface area contributed by atoms with Crippen LogP contribution < -0.4 is 0 Å². The van der Waals surface area contributed by atoms with Crippen molar-refractivity contribution in [3.63, 3.8) is 0 Å². The molecule has 16 heteroatoms. The first kappa shape index (κ1) is 33.4. The molecule has 7 saturated heterocycles. The van der Waals surface area contributed by atoms with Gasteiger partial charge in [0.25, 0.3) is 0 Å². The van der Waals surface area contributed by atoms with E-state index in [-0.39, 0.29) is 0 Å². The van der Waals surface area contributed by atoms with Crippen molar-refractivity contribution in [1.29, 1.82) is 0 Å². The Morgan fingerprint density at radius 3 is 0.730 bits per heavy atom. The van der Waals surface area contributed by atoms with E-state index in [1.165, 1.54) is 80.5 Å². The van der Waals surface area contributed by atoms with E-state index in [2.05, 4.69) is 145 Å². The van der Waals surface area contributed by atoms with Crippen molar-refractivity contribution in [2.75, 3.05) is 80.5 Å². The van der Waals surface area contributed by atoms with Crippen LogP contribution in [-0.2, 0) is 0 Å². The van der Waals surface area contributed by atoms with Gasteiger partial charge in [0, 0.05) is 0 Å². The van der Waals surface area contributed by atoms with Crippen molar-refractivity contribution < 1.29 is 0 Å². The summed E-state index contributed by atoms with van der Waals surface area (Å²) in [7, 11) is 17.6. The zero-order chi connectivity index (χ0) is 24.9. The van der Waals surface area contributed by atoms with Gasteiger partial charge >= 0.3 is 291 Å². The van der Waals surface area contributed by atoms with E-state index in [1.54, 1.807) is 0 Å². The molecule has 0 N–H and O–H groups in total. The molecular formula is C21H35S14SbSn. The fraction of sp³-hybridized carbons (Fsp3) is 1.00. The van der Waals surface area contributed by atoms with Crippen LogP contribution >= 0.6 is 145 Å². The van der Waals surface area contributed by atoms with Crippen molar-refractivity contribution in [3.05, 3.63) is 0 Å². The Kier molecular flexibility index (Phi) is 15.9. The Balaban J connectivity index is 0.000000141. The van der Waals surface area contributed by atoms with Gasteiger partial charge in [0.05, 0.1) is 0 Å². The van der Waals surface area contributed by atoms with Crippen LogP contribution in [0, 0.1) is 0 Å². The van der Waals surface area contributed by atoms with Gasteiger partial charge in [-0.3, -0.25) is 0 Å². The van der Waals surface area contributed by atoms with Crippen molar-refractivity contribution in [3.8, 4) is 0 Å². The molecule has 0 aromatic carbocycles. The SMILES string of the molecule is C1SCC1[S][Sb]([S]C1CSC1)[S]C1CSC1.C1SCC1[S][Sn]([S]C1CSC1)([S]C1CSC1)[S]C1CSC1. The molecule has 7 aliphatic heterocycles. The Hall–Kier alpha value is 6.52. The van der Waals surface area contributed by atoms with E-state index in [0.717, 1.165) is 36.7 Å². The third-order valence-electron chi connectivity index (χ3n) is 6.20. The van der Waals surface area contributed by atoms with Crippen molar-refractivity contribution in [2.45, 2.75) is 36.7 Å². The molecule has 7 rings (SSSR count).